The van der Waals surface area contributed by atoms with Crippen molar-refractivity contribution in [2.75, 3.05) is 39.3 Å². The Morgan fingerprint density at radius 2 is 1.22 bits per heavy atom. The first-order chi connectivity index (χ1) is 52.8. The Kier molecular flexibility index (Phi) is 37.1. The maximum absolute atomic E-state index is 15.0. The number of amides is 13. The number of H-pyrrole nitrogens is 1. The highest BCUT2D eigenvalue weighted by Gasteiger charge is 2.41. The highest BCUT2D eigenvalue weighted by Crippen LogP contribution is 2.23. The third-order valence-electron chi connectivity index (χ3n) is 18.1. The largest absolute Gasteiger partial charge is 0.481 e. The van der Waals surface area contributed by atoms with Crippen molar-refractivity contribution in [3.8, 4) is 0 Å². The first-order valence-corrected chi connectivity index (χ1v) is 36.4. The van der Waals surface area contributed by atoms with E-state index in [-0.39, 0.29) is 109 Å². The van der Waals surface area contributed by atoms with Gasteiger partial charge in [-0.25, -0.2) is 0 Å². The summed E-state index contributed by atoms with van der Waals surface area (Å²) in [5, 5.41) is 69.0. The van der Waals surface area contributed by atoms with Crippen LogP contribution in [0.5, 0.6) is 0 Å². The molecule has 41 nitrogen and oxygen atoms in total. The molecule has 2 fully saturated rings. The van der Waals surface area contributed by atoms with Crippen LogP contribution in [0.1, 0.15) is 148 Å². The van der Waals surface area contributed by atoms with Gasteiger partial charge in [0.1, 0.15) is 66.2 Å². The number of hydrogen-bond acceptors (Lipinski definition) is 22. The molecule has 0 unspecified atom stereocenters. The summed E-state index contributed by atoms with van der Waals surface area (Å²) in [6.45, 7) is -0.851. The number of allylic oxidation sites excluding steroid dienone is 1. The van der Waals surface area contributed by atoms with Crippen molar-refractivity contribution in [1.82, 2.24) is 73.7 Å². The van der Waals surface area contributed by atoms with E-state index in [0.29, 0.717) is 35.0 Å². The fraction of sp³-hybridized carbons (Fsp3) is 0.571. The first-order valence-electron chi connectivity index (χ1n) is 36.4. The lowest BCUT2D eigenvalue weighted by Crippen LogP contribution is -2.60. The van der Waals surface area contributed by atoms with Gasteiger partial charge in [-0.1, -0.05) is 30.7 Å². The summed E-state index contributed by atoms with van der Waals surface area (Å²) in [5.41, 5.74) is 18.3. The summed E-state index contributed by atoms with van der Waals surface area (Å²) >= 11 is 0. The highest BCUT2D eigenvalue weighted by molar-refractivity contribution is 6.01. The number of fused-ring (bicyclic) bond motifs is 1. The number of aromatic nitrogens is 1. The van der Waals surface area contributed by atoms with E-state index in [0.717, 1.165) is 18.7 Å². The van der Waals surface area contributed by atoms with E-state index in [4.69, 9.17) is 17.2 Å². The van der Waals surface area contributed by atoms with Crippen LogP contribution in [0.4, 0.5) is 0 Å². The molecular weight excluding hydrogens is 1460 g/mol. The molecule has 0 saturated carbocycles. The number of para-hydroxylation sites is 1. The predicted molar refractivity (Wildman–Crippen MR) is 393 cm³/mol. The number of carboxylic acids is 3. The minimum absolute atomic E-state index is 0.0226. The number of likely N-dealkylation sites (tertiary alicyclic amines) is 1. The van der Waals surface area contributed by atoms with Crippen LogP contribution in [0.3, 0.4) is 0 Å². The van der Waals surface area contributed by atoms with Gasteiger partial charge in [-0.2, -0.15) is 0 Å². The average molecular weight is 1560 g/mol. The highest BCUT2D eigenvalue weighted by atomic mass is 16.4. The number of aliphatic carboxylic acids is 3. The van der Waals surface area contributed by atoms with Gasteiger partial charge >= 0.3 is 17.9 Å². The number of unbranched alkanes of at least 4 members (excludes halogenated alkanes) is 1. The lowest BCUT2D eigenvalue weighted by Gasteiger charge is -2.30. The molecule has 0 aliphatic carbocycles. The molecule has 0 spiro atoms. The number of guanidine groups is 1. The minimum Gasteiger partial charge on any atom is -0.481 e. The lowest BCUT2D eigenvalue weighted by molar-refractivity contribution is -0.143. The number of carbonyl (C=O) groups is 18. The van der Waals surface area contributed by atoms with Gasteiger partial charge in [0.05, 0.1) is 25.7 Å². The van der Waals surface area contributed by atoms with Gasteiger partial charge in [-0.05, 0) is 102 Å². The molecule has 1 aromatic heterocycles. The van der Waals surface area contributed by atoms with Gasteiger partial charge in [0.2, 0.25) is 76.8 Å². The minimum atomic E-state index is -1.87. The molecular formula is C70H101N19O22. The van der Waals surface area contributed by atoms with Gasteiger partial charge in [0.25, 0.3) is 0 Å². The maximum Gasteiger partial charge on any atom is 0.303 e. The fourth-order valence-electron chi connectivity index (χ4n) is 12.3. The van der Waals surface area contributed by atoms with Crippen molar-refractivity contribution in [3.05, 3.63) is 47.8 Å². The average Bonchev–Trinajstić information content (AvgIpc) is 1.54. The Morgan fingerprint density at radius 3 is 1.81 bits per heavy atom. The Balaban J connectivity index is 1.48. The molecule has 13 amide bonds. The number of Topliss-reactive ketones (excluding diaryl/α,β-unsaturated/α-hetero) is 2. The predicted octanol–water partition coefficient (Wildman–Crippen LogP) is -5.56. The van der Waals surface area contributed by atoms with Crippen LogP contribution in [0, 0.1) is 0 Å². The summed E-state index contributed by atoms with van der Waals surface area (Å²) < 4.78 is 0. The zero-order valence-corrected chi connectivity index (χ0v) is 61.7. The van der Waals surface area contributed by atoms with Crippen molar-refractivity contribution >= 4 is 129 Å². The van der Waals surface area contributed by atoms with Gasteiger partial charge in [-0.15, -0.1) is 0 Å². The number of nitrogens with one attached hydrogen (secondary N) is 13. The number of nitrogens with zero attached hydrogens (tertiary/aromatic N) is 3. The first kappa shape index (κ1) is 89.8. The molecule has 11 atom stereocenters. The lowest BCUT2D eigenvalue weighted by atomic mass is 10.0. The van der Waals surface area contributed by atoms with Crippen LogP contribution in [0.25, 0.3) is 10.9 Å². The number of ketones is 2. The van der Waals surface area contributed by atoms with Crippen molar-refractivity contribution in [2.45, 2.75) is 215 Å². The molecule has 3 aliphatic heterocycles. The number of hydrogen-bond donors (Lipinski definition) is 20. The number of aliphatic hydroxyl groups is 1. The van der Waals surface area contributed by atoms with Crippen LogP contribution < -0.4 is 81.0 Å². The second-order valence-electron chi connectivity index (χ2n) is 26.9. The third kappa shape index (κ3) is 31.0. The standard InChI is InChI=1S/C70H101N19O22/c1-37(91)43(20-23-57(96)97)82-65(107)48(21-24-58(98)99)85-64(106)47(17-7-8-26-71)83-67(109)53(36-90)88-68(110)54-19-11-29-89(54)69(111)52-32-41(93)13-3-5-16-45(79-38(2)92)62(104)84-49(22-25-59(100)101)66(108)87-51(31-40-12-9-27-74-40)61(103)78-34-55(94)80-46(18-10-28-75-70(72)73)63(105)86-50(60(102)77-35-56(95)81-52)30-39-33-76-44-15-6-4-14-42(39)44/h4,6,12,14-15,27,33,43,45-54,76,90H,3,5,7-11,13,16-26,28-32,34-36,71H2,1-2H3,(H,77,102)(H,78,103)(H,79,92)(H,80,94)(H,81,95)(H,82,107)(H,83,109)(H,84,104)(H,85,106)(H,86,105)(H,87,108)(H,88,110)(H,96,97)(H,98,99)(H,100,101)(H4,72,73,75)/t43-,45-,46-,47-,48-,49-,50-,51-,52-,53-,54-/m0/s1. The second-order valence-corrected chi connectivity index (χ2v) is 26.9. The van der Waals surface area contributed by atoms with Crippen molar-refractivity contribution < 1.29 is 107 Å². The second kappa shape index (κ2) is 45.9. The Labute approximate surface area is 636 Å². The van der Waals surface area contributed by atoms with E-state index < -0.39 is 231 Å². The van der Waals surface area contributed by atoms with Crippen LogP contribution in [-0.2, 0) is 92.7 Å². The summed E-state index contributed by atoms with van der Waals surface area (Å²) in [4.78, 5) is 257. The quantitative estimate of drug-likeness (QED) is 0.0180. The number of aliphatic hydroxyl groups excluding tert-OH is 1. The van der Waals surface area contributed by atoms with E-state index in [1.54, 1.807) is 36.5 Å². The number of rotatable bonds is 33. The fourth-order valence-corrected chi connectivity index (χ4v) is 12.3. The van der Waals surface area contributed by atoms with E-state index in [1.165, 1.54) is 6.21 Å². The van der Waals surface area contributed by atoms with E-state index in [9.17, 15) is 107 Å². The normalized spacial score (nSPS) is 21.2. The molecule has 2 saturated heterocycles. The van der Waals surface area contributed by atoms with Gasteiger partial charge < -0.3 is 111 Å². The SMILES string of the molecule is CC(=O)N[C@H]1CCCCC(=O)C[C@@H](C(=O)N2CCC[C@H]2C(=O)N[C@@H](CO)C(=O)N[C@@H](CCCCN)C(=O)N[C@@H](CCC(=O)O)C(=O)N[C@@H](CCC(=O)O)C(C)=O)NC(=O)CNC(=O)[C@H](Cc2c[nH]c3ccccc23)NC(=O)[C@H](CCCN=C(N)N)NC(=O)CNC(=O)[C@H](CC2=CCC=N2)NC(=O)[C@H](CCC(=O)O)NC1=O. The monoisotopic (exact) mass is 1560 g/mol. The molecule has 23 N–H and O–H groups in total. The molecule has 111 heavy (non-hydrogen) atoms. The Bertz CT molecular complexity index is 3820. The van der Waals surface area contributed by atoms with E-state index in [1.807, 2.05) is 0 Å². The number of carboxylic acid groups (broad SMARTS) is 3. The van der Waals surface area contributed by atoms with Gasteiger partial charge in [-0.3, -0.25) is 96.3 Å². The molecule has 3 aliphatic rings. The Hall–Kier alpha value is -11.8. The number of carbonyl (C=O) groups excluding carboxylic acids is 15. The van der Waals surface area contributed by atoms with Gasteiger partial charge in [0.15, 0.2) is 11.7 Å². The van der Waals surface area contributed by atoms with E-state index in [2.05, 4.69) is 78.8 Å². The molecule has 41 heteroatoms. The zero-order chi connectivity index (χ0) is 81.9. The molecule has 0 radical (unpaired) electrons. The Morgan fingerprint density at radius 1 is 0.631 bits per heavy atom. The van der Waals surface area contributed by atoms with Crippen molar-refractivity contribution in [2.24, 2.45) is 27.2 Å². The topological polar surface area (TPSA) is 654 Å². The molecule has 608 valence electrons. The summed E-state index contributed by atoms with van der Waals surface area (Å²) in [6, 6.07) is -10.5. The summed E-state index contributed by atoms with van der Waals surface area (Å²) in [5.74, 6) is -18.8. The van der Waals surface area contributed by atoms with Crippen molar-refractivity contribution in [3.63, 3.8) is 0 Å². The summed E-state index contributed by atoms with van der Waals surface area (Å²) in [7, 11) is 0. The van der Waals surface area contributed by atoms with Crippen LogP contribution in [-0.4, -0.2) is 255 Å². The number of aromatic amines is 1. The molecule has 4 heterocycles. The molecule has 1 aromatic carbocycles. The number of aliphatic imine (C=N–C) groups is 2. The van der Waals surface area contributed by atoms with Crippen LogP contribution in [0.15, 0.2) is 52.2 Å². The molecule has 2 aromatic rings. The summed E-state index contributed by atoms with van der Waals surface area (Å²) in [6.07, 6.45) is -0.0344. The van der Waals surface area contributed by atoms with Crippen LogP contribution >= 0.6 is 0 Å². The smallest absolute Gasteiger partial charge is 0.303 e. The zero-order valence-electron chi connectivity index (χ0n) is 61.7. The maximum atomic E-state index is 15.0. The number of benzene rings is 1. The molecule has 0 bridgehead atoms. The van der Waals surface area contributed by atoms with Gasteiger partial charge in [0, 0.05) is 100 Å². The number of nitrogens with two attached hydrogens (primary N) is 3. The van der Waals surface area contributed by atoms with Crippen molar-refractivity contribution in [1.29, 1.82) is 0 Å². The molecule has 5 rings (SSSR count). The third-order valence-corrected chi connectivity index (χ3v) is 18.1. The van der Waals surface area contributed by atoms with Crippen LogP contribution in [0.2, 0.25) is 0 Å². The van der Waals surface area contributed by atoms with E-state index >= 15 is 0 Å².